The maximum Gasteiger partial charge on any atom is 0.269 e. The second kappa shape index (κ2) is 8.72. The van der Waals surface area contributed by atoms with E-state index in [-0.39, 0.29) is 24.3 Å². The predicted molar refractivity (Wildman–Crippen MR) is 92.6 cm³/mol. The quantitative estimate of drug-likeness (QED) is 0.802. The van der Waals surface area contributed by atoms with Crippen LogP contribution in [0.3, 0.4) is 0 Å². The summed E-state index contributed by atoms with van der Waals surface area (Å²) in [6, 6.07) is 16.2. The smallest absolute Gasteiger partial charge is 0.269 e. The molecule has 0 aromatic heterocycles. The number of nitrogens with one attached hydrogen (secondary N) is 2. The summed E-state index contributed by atoms with van der Waals surface area (Å²) in [6.45, 7) is 4.00. The Hall–Kier alpha value is -2.82. The molecule has 0 saturated carbocycles. The number of hydrogen-bond acceptors (Lipinski definition) is 3. The largest absolute Gasteiger partial charge is 0.491 e. The molecule has 126 valence electrons. The minimum absolute atomic E-state index is 0.0777. The van der Waals surface area contributed by atoms with Crippen LogP contribution >= 0.6 is 0 Å². The Morgan fingerprint density at radius 2 is 1.79 bits per heavy atom. The molecule has 2 N–H and O–H groups in total. The van der Waals surface area contributed by atoms with Crippen molar-refractivity contribution >= 4 is 11.8 Å². The summed E-state index contributed by atoms with van der Waals surface area (Å²) in [4.78, 5) is 24.0. The van der Waals surface area contributed by atoms with Gasteiger partial charge < -0.3 is 4.74 Å². The number of carbonyl (C=O) groups is 2. The molecule has 0 fully saturated rings. The highest BCUT2D eigenvalue weighted by atomic mass is 16.5. The molecule has 2 amide bonds. The van der Waals surface area contributed by atoms with Crippen molar-refractivity contribution in [3.05, 3.63) is 65.7 Å². The standard InChI is InChI=1S/C19H22N2O3/c1-3-14(2)24-17-11-7-10-16(13-17)19(23)21-20-18(22)12-15-8-5-4-6-9-15/h4-11,13-14H,3,12H2,1-2H3,(H,20,22)(H,21,23). The molecule has 2 rings (SSSR count). The van der Waals surface area contributed by atoms with Crippen LogP contribution in [-0.4, -0.2) is 17.9 Å². The number of hydrazine groups is 1. The first-order valence-electron chi connectivity index (χ1n) is 7.98. The molecule has 2 aromatic carbocycles. The van der Waals surface area contributed by atoms with E-state index in [0.717, 1.165) is 12.0 Å². The van der Waals surface area contributed by atoms with Crippen LogP contribution in [0.1, 0.15) is 36.2 Å². The maximum atomic E-state index is 12.1. The number of hydrogen-bond donors (Lipinski definition) is 2. The molecular formula is C19H22N2O3. The Bertz CT molecular complexity index is 686. The lowest BCUT2D eigenvalue weighted by atomic mass is 10.1. The van der Waals surface area contributed by atoms with Crippen LogP contribution in [0.5, 0.6) is 5.75 Å². The molecule has 1 unspecified atom stereocenters. The fraction of sp³-hybridized carbons (Fsp3) is 0.263. The lowest BCUT2D eigenvalue weighted by Crippen LogP contribution is -2.42. The van der Waals surface area contributed by atoms with Crippen LogP contribution in [0.25, 0.3) is 0 Å². The van der Waals surface area contributed by atoms with Crippen molar-refractivity contribution in [2.24, 2.45) is 0 Å². The number of carbonyl (C=O) groups excluding carboxylic acids is 2. The van der Waals surface area contributed by atoms with Gasteiger partial charge in [-0.3, -0.25) is 20.4 Å². The minimum atomic E-state index is -0.383. The summed E-state index contributed by atoms with van der Waals surface area (Å²) in [5.74, 6) is -0.0276. The topological polar surface area (TPSA) is 67.4 Å². The van der Waals surface area contributed by atoms with Gasteiger partial charge in [0.15, 0.2) is 0 Å². The van der Waals surface area contributed by atoms with Crippen molar-refractivity contribution in [1.29, 1.82) is 0 Å². The lowest BCUT2D eigenvalue weighted by Gasteiger charge is -2.13. The van der Waals surface area contributed by atoms with Gasteiger partial charge in [-0.25, -0.2) is 0 Å². The van der Waals surface area contributed by atoms with E-state index < -0.39 is 0 Å². The van der Waals surface area contributed by atoms with Crippen molar-refractivity contribution in [3.8, 4) is 5.75 Å². The van der Waals surface area contributed by atoms with Crippen molar-refractivity contribution < 1.29 is 14.3 Å². The third-order valence-corrected chi connectivity index (χ3v) is 3.53. The van der Waals surface area contributed by atoms with Crippen molar-refractivity contribution in [1.82, 2.24) is 10.9 Å². The fourth-order valence-electron chi connectivity index (χ4n) is 2.05. The first-order chi connectivity index (χ1) is 11.6. The van der Waals surface area contributed by atoms with Crippen LogP contribution in [0, 0.1) is 0 Å². The van der Waals surface area contributed by atoms with Gasteiger partial charge in [0, 0.05) is 5.56 Å². The fourth-order valence-corrected chi connectivity index (χ4v) is 2.05. The Morgan fingerprint density at radius 1 is 1.04 bits per heavy atom. The molecule has 0 aliphatic carbocycles. The van der Waals surface area contributed by atoms with Crippen molar-refractivity contribution in [2.45, 2.75) is 32.8 Å². The second-order valence-corrected chi connectivity index (χ2v) is 5.53. The highest BCUT2D eigenvalue weighted by Crippen LogP contribution is 2.15. The van der Waals surface area contributed by atoms with Gasteiger partial charge in [0.1, 0.15) is 5.75 Å². The second-order valence-electron chi connectivity index (χ2n) is 5.53. The van der Waals surface area contributed by atoms with E-state index in [1.54, 1.807) is 24.3 Å². The van der Waals surface area contributed by atoms with Gasteiger partial charge in [-0.05, 0) is 37.1 Å². The summed E-state index contributed by atoms with van der Waals surface area (Å²) in [5.41, 5.74) is 6.15. The highest BCUT2D eigenvalue weighted by Gasteiger charge is 2.10. The van der Waals surface area contributed by atoms with Gasteiger partial charge in [0.25, 0.3) is 5.91 Å². The number of benzene rings is 2. The molecule has 0 aliphatic heterocycles. The van der Waals surface area contributed by atoms with Crippen LogP contribution in [0.2, 0.25) is 0 Å². The summed E-state index contributed by atoms with van der Waals surface area (Å²) in [7, 11) is 0. The monoisotopic (exact) mass is 326 g/mol. The van der Waals surface area contributed by atoms with E-state index in [4.69, 9.17) is 4.74 Å². The molecule has 0 saturated heterocycles. The van der Waals surface area contributed by atoms with Gasteiger partial charge in [-0.1, -0.05) is 43.3 Å². The van der Waals surface area contributed by atoms with Gasteiger partial charge >= 0.3 is 0 Å². The van der Waals surface area contributed by atoms with Crippen LogP contribution < -0.4 is 15.6 Å². The van der Waals surface area contributed by atoms with E-state index >= 15 is 0 Å². The van der Waals surface area contributed by atoms with Crippen LogP contribution in [0.15, 0.2) is 54.6 Å². The zero-order chi connectivity index (χ0) is 17.4. The van der Waals surface area contributed by atoms with E-state index in [2.05, 4.69) is 10.9 Å². The molecule has 0 bridgehead atoms. The van der Waals surface area contributed by atoms with Crippen LogP contribution in [0.4, 0.5) is 0 Å². The first-order valence-corrected chi connectivity index (χ1v) is 7.98. The zero-order valence-electron chi connectivity index (χ0n) is 13.9. The molecule has 0 radical (unpaired) electrons. The Morgan fingerprint density at radius 3 is 2.50 bits per heavy atom. The lowest BCUT2D eigenvalue weighted by molar-refractivity contribution is -0.121. The molecule has 1 atom stereocenters. The van der Waals surface area contributed by atoms with E-state index in [0.29, 0.717) is 11.3 Å². The number of rotatable bonds is 6. The summed E-state index contributed by atoms with van der Waals surface area (Å²) in [5, 5.41) is 0. The van der Waals surface area contributed by atoms with Crippen molar-refractivity contribution in [3.63, 3.8) is 0 Å². The van der Waals surface area contributed by atoms with E-state index in [1.807, 2.05) is 44.2 Å². The molecule has 24 heavy (non-hydrogen) atoms. The minimum Gasteiger partial charge on any atom is -0.491 e. The van der Waals surface area contributed by atoms with Gasteiger partial charge in [-0.15, -0.1) is 0 Å². The normalized spacial score (nSPS) is 11.4. The van der Waals surface area contributed by atoms with Gasteiger partial charge in [-0.2, -0.15) is 0 Å². The van der Waals surface area contributed by atoms with E-state index in [9.17, 15) is 9.59 Å². The van der Waals surface area contributed by atoms with Crippen molar-refractivity contribution in [2.75, 3.05) is 0 Å². The maximum absolute atomic E-state index is 12.1. The average Bonchev–Trinajstić information content (AvgIpc) is 2.60. The summed E-state index contributed by atoms with van der Waals surface area (Å²) >= 11 is 0. The Labute approximate surface area is 142 Å². The molecule has 5 heteroatoms. The number of ether oxygens (including phenoxy) is 1. The molecule has 0 heterocycles. The third kappa shape index (κ3) is 5.43. The third-order valence-electron chi connectivity index (χ3n) is 3.53. The molecule has 5 nitrogen and oxygen atoms in total. The highest BCUT2D eigenvalue weighted by molar-refractivity contribution is 5.95. The first kappa shape index (κ1) is 17.5. The molecule has 0 aliphatic rings. The Balaban J connectivity index is 1.88. The SMILES string of the molecule is CCC(C)Oc1cccc(C(=O)NNC(=O)Cc2ccccc2)c1. The summed E-state index contributed by atoms with van der Waals surface area (Å²) < 4.78 is 5.69. The van der Waals surface area contributed by atoms with E-state index in [1.165, 1.54) is 0 Å². The average molecular weight is 326 g/mol. The van der Waals surface area contributed by atoms with Crippen LogP contribution in [-0.2, 0) is 11.2 Å². The summed E-state index contributed by atoms with van der Waals surface area (Å²) in [6.07, 6.45) is 1.17. The number of amides is 2. The zero-order valence-corrected chi connectivity index (χ0v) is 13.9. The Kier molecular flexibility index (Phi) is 6.37. The van der Waals surface area contributed by atoms with Gasteiger partial charge in [0.2, 0.25) is 5.91 Å². The molecule has 2 aromatic rings. The predicted octanol–water partition coefficient (Wildman–Crippen LogP) is 2.87. The molecule has 0 spiro atoms. The van der Waals surface area contributed by atoms with Gasteiger partial charge in [0.05, 0.1) is 12.5 Å². The molecular weight excluding hydrogens is 304 g/mol.